The van der Waals surface area contributed by atoms with Crippen LogP contribution in [0, 0.1) is 0 Å². The van der Waals surface area contributed by atoms with Gasteiger partial charge in [0.15, 0.2) is 0 Å². The molecule has 1 amide bonds. The van der Waals surface area contributed by atoms with Crippen LogP contribution < -0.4 is 10.2 Å². The highest BCUT2D eigenvalue weighted by Crippen LogP contribution is 2.26. The third kappa shape index (κ3) is 2.82. The van der Waals surface area contributed by atoms with Crippen molar-refractivity contribution in [3.05, 3.63) is 53.7 Å². The molecule has 0 spiro atoms. The number of piperazine rings is 1. The maximum Gasteiger partial charge on any atom is 0.254 e. The lowest BCUT2D eigenvalue weighted by atomic mass is 9.96. The third-order valence-corrected chi connectivity index (χ3v) is 4.87. The molecule has 2 aromatic rings. The molecule has 3 heterocycles. The van der Waals surface area contributed by atoms with E-state index in [-0.39, 0.29) is 5.91 Å². The van der Waals surface area contributed by atoms with Crippen LogP contribution in [0.2, 0.25) is 0 Å². The standard InChI is InChI=1S/C19H22N4O/c24-19(16-5-3-7-17-15(16)6-4-10-20-17)23-13-11-22(12-14-23)18-8-1-2-9-21-18/h1-3,5,7-9,20H,4,6,10-14H2. The predicted octanol–water partition coefficient (Wildman–Crippen LogP) is 2.40. The van der Waals surface area contributed by atoms with Crippen molar-refractivity contribution in [1.82, 2.24) is 9.88 Å². The Morgan fingerprint density at radius 2 is 1.92 bits per heavy atom. The smallest absolute Gasteiger partial charge is 0.254 e. The molecular formula is C19H22N4O. The number of nitrogens with one attached hydrogen (secondary N) is 1. The second kappa shape index (κ2) is 6.51. The minimum absolute atomic E-state index is 0.163. The van der Waals surface area contributed by atoms with Crippen LogP contribution in [0.25, 0.3) is 0 Å². The van der Waals surface area contributed by atoms with E-state index < -0.39 is 0 Å². The van der Waals surface area contributed by atoms with Crippen LogP contribution in [0.15, 0.2) is 42.6 Å². The quantitative estimate of drug-likeness (QED) is 0.922. The maximum absolute atomic E-state index is 13.0. The number of nitrogens with zero attached hydrogens (tertiary/aromatic N) is 3. The number of aromatic nitrogens is 1. The fourth-order valence-electron chi connectivity index (χ4n) is 3.56. The molecule has 1 N–H and O–H groups in total. The molecule has 0 saturated carbocycles. The molecule has 124 valence electrons. The predicted molar refractivity (Wildman–Crippen MR) is 95.6 cm³/mol. The highest BCUT2D eigenvalue weighted by molar-refractivity contribution is 5.97. The van der Waals surface area contributed by atoms with E-state index in [2.05, 4.69) is 21.3 Å². The largest absolute Gasteiger partial charge is 0.385 e. The number of hydrogen-bond donors (Lipinski definition) is 1. The van der Waals surface area contributed by atoms with Gasteiger partial charge in [-0.2, -0.15) is 0 Å². The van der Waals surface area contributed by atoms with Gasteiger partial charge in [-0.1, -0.05) is 12.1 Å². The summed E-state index contributed by atoms with van der Waals surface area (Å²) >= 11 is 0. The second-order valence-electron chi connectivity index (χ2n) is 6.33. The molecule has 2 aliphatic rings. The van der Waals surface area contributed by atoms with E-state index in [1.165, 1.54) is 5.56 Å². The summed E-state index contributed by atoms with van der Waals surface area (Å²) < 4.78 is 0. The number of carbonyl (C=O) groups is 1. The van der Waals surface area contributed by atoms with Crippen molar-refractivity contribution in [2.75, 3.05) is 42.9 Å². The Kier molecular flexibility index (Phi) is 4.07. The number of pyridine rings is 1. The molecule has 1 aromatic heterocycles. The van der Waals surface area contributed by atoms with Gasteiger partial charge in [-0.25, -0.2) is 4.98 Å². The van der Waals surface area contributed by atoms with Crippen LogP contribution >= 0.6 is 0 Å². The average Bonchev–Trinajstić information content (AvgIpc) is 2.68. The van der Waals surface area contributed by atoms with E-state index in [0.29, 0.717) is 0 Å². The number of amides is 1. The summed E-state index contributed by atoms with van der Waals surface area (Å²) in [5.41, 5.74) is 3.17. The Balaban J connectivity index is 1.47. The lowest BCUT2D eigenvalue weighted by Crippen LogP contribution is -2.49. The second-order valence-corrected chi connectivity index (χ2v) is 6.33. The Hall–Kier alpha value is -2.56. The fourth-order valence-corrected chi connectivity index (χ4v) is 3.56. The molecule has 5 heteroatoms. The SMILES string of the molecule is O=C(c1cccc2c1CCCN2)N1CCN(c2ccccn2)CC1. The normalized spacial score (nSPS) is 17.2. The molecule has 1 aromatic carbocycles. The van der Waals surface area contributed by atoms with Crippen LogP contribution in [0.4, 0.5) is 11.5 Å². The molecule has 4 rings (SSSR count). The number of anilines is 2. The number of benzene rings is 1. The number of rotatable bonds is 2. The van der Waals surface area contributed by atoms with Crippen LogP contribution in [-0.4, -0.2) is 48.5 Å². The Morgan fingerprint density at radius 3 is 2.71 bits per heavy atom. The number of carbonyl (C=O) groups excluding carboxylic acids is 1. The first-order chi connectivity index (χ1) is 11.8. The third-order valence-electron chi connectivity index (χ3n) is 4.87. The van der Waals surface area contributed by atoms with Crippen LogP contribution in [0.3, 0.4) is 0 Å². The first-order valence-corrected chi connectivity index (χ1v) is 8.64. The number of fused-ring (bicyclic) bond motifs is 1. The van der Waals surface area contributed by atoms with E-state index >= 15 is 0 Å². The maximum atomic E-state index is 13.0. The van der Waals surface area contributed by atoms with Gasteiger partial charge in [-0.3, -0.25) is 4.79 Å². The van der Waals surface area contributed by atoms with E-state index in [1.807, 2.05) is 41.4 Å². The molecule has 5 nitrogen and oxygen atoms in total. The molecule has 0 radical (unpaired) electrons. The first-order valence-electron chi connectivity index (χ1n) is 8.64. The molecule has 0 unspecified atom stereocenters. The van der Waals surface area contributed by atoms with Crippen molar-refractivity contribution in [3.63, 3.8) is 0 Å². The lowest BCUT2D eigenvalue weighted by Gasteiger charge is -2.36. The van der Waals surface area contributed by atoms with Gasteiger partial charge in [0.2, 0.25) is 0 Å². The molecule has 0 aliphatic carbocycles. The highest BCUT2D eigenvalue weighted by atomic mass is 16.2. The van der Waals surface area contributed by atoms with Gasteiger partial charge >= 0.3 is 0 Å². The van der Waals surface area contributed by atoms with E-state index in [4.69, 9.17) is 0 Å². The van der Waals surface area contributed by atoms with Gasteiger partial charge < -0.3 is 15.1 Å². The summed E-state index contributed by atoms with van der Waals surface area (Å²) in [5.74, 6) is 1.15. The van der Waals surface area contributed by atoms with Crippen LogP contribution in [0.1, 0.15) is 22.3 Å². The minimum Gasteiger partial charge on any atom is -0.385 e. The molecule has 24 heavy (non-hydrogen) atoms. The van der Waals surface area contributed by atoms with Crippen molar-refractivity contribution in [1.29, 1.82) is 0 Å². The molecule has 0 bridgehead atoms. The van der Waals surface area contributed by atoms with Gasteiger partial charge in [0, 0.05) is 50.2 Å². The Labute approximate surface area is 142 Å². The monoisotopic (exact) mass is 322 g/mol. The summed E-state index contributed by atoms with van der Waals surface area (Å²) in [7, 11) is 0. The zero-order chi connectivity index (χ0) is 16.4. The fraction of sp³-hybridized carbons (Fsp3) is 0.368. The van der Waals surface area contributed by atoms with E-state index in [9.17, 15) is 4.79 Å². The van der Waals surface area contributed by atoms with Crippen LogP contribution in [-0.2, 0) is 6.42 Å². The molecule has 2 aliphatic heterocycles. The zero-order valence-electron chi connectivity index (χ0n) is 13.7. The minimum atomic E-state index is 0.163. The van der Waals surface area contributed by atoms with Gasteiger partial charge in [0.25, 0.3) is 5.91 Å². The molecular weight excluding hydrogens is 300 g/mol. The van der Waals surface area contributed by atoms with Gasteiger partial charge in [0.05, 0.1) is 0 Å². The van der Waals surface area contributed by atoms with Crippen molar-refractivity contribution in [2.24, 2.45) is 0 Å². The summed E-state index contributed by atoms with van der Waals surface area (Å²) in [6.45, 7) is 4.14. The zero-order valence-corrected chi connectivity index (χ0v) is 13.7. The van der Waals surface area contributed by atoms with Crippen molar-refractivity contribution in [3.8, 4) is 0 Å². The van der Waals surface area contributed by atoms with Gasteiger partial charge in [0.1, 0.15) is 5.82 Å². The molecule has 0 atom stereocenters. The number of hydrogen-bond acceptors (Lipinski definition) is 4. The van der Waals surface area contributed by atoms with Crippen molar-refractivity contribution in [2.45, 2.75) is 12.8 Å². The van der Waals surface area contributed by atoms with Crippen LogP contribution in [0.5, 0.6) is 0 Å². The lowest BCUT2D eigenvalue weighted by molar-refractivity contribution is 0.0745. The van der Waals surface area contributed by atoms with E-state index in [1.54, 1.807) is 0 Å². The Morgan fingerprint density at radius 1 is 1.04 bits per heavy atom. The molecule has 1 fully saturated rings. The Bertz CT molecular complexity index is 723. The summed E-state index contributed by atoms with van der Waals surface area (Å²) in [4.78, 5) is 21.6. The first kappa shape index (κ1) is 15.0. The summed E-state index contributed by atoms with van der Waals surface area (Å²) in [5, 5.41) is 3.40. The van der Waals surface area contributed by atoms with Gasteiger partial charge in [-0.15, -0.1) is 0 Å². The highest BCUT2D eigenvalue weighted by Gasteiger charge is 2.25. The average molecular weight is 322 g/mol. The summed E-state index contributed by atoms with van der Waals surface area (Å²) in [6.07, 6.45) is 3.89. The topological polar surface area (TPSA) is 48.5 Å². The van der Waals surface area contributed by atoms with Crippen molar-refractivity contribution >= 4 is 17.4 Å². The van der Waals surface area contributed by atoms with Crippen molar-refractivity contribution < 1.29 is 4.79 Å². The summed E-state index contributed by atoms with van der Waals surface area (Å²) in [6, 6.07) is 12.0. The van der Waals surface area contributed by atoms with Gasteiger partial charge in [-0.05, 0) is 42.7 Å². The van der Waals surface area contributed by atoms with E-state index in [0.717, 1.165) is 62.6 Å². The molecule has 1 saturated heterocycles.